The zero-order chi connectivity index (χ0) is 19.8. The molecule has 1 aromatic carbocycles. The van der Waals surface area contributed by atoms with Crippen molar-refractivity contribution in [2.45, 2.75) is 18.9 Å². The van der Waals surface area contributed by atoms with E-state index in [4.69, 9.17) is 9.51 Å². The minimum Gasteiger partial charge on any atom is -0.342 e. The molecule has 29 heavy (non-hydrogen) atoms. The number of hydrogen-bond donors (Lipinski definition) is 1. The number of carbonyl (C=O) groups is 1. The van der Waals surface area contributed by atoms with E-state index in [0.29, 0.717) is 23.1 Å². The van der Waals surface area contributed by atoms with Crippen LogP contribution in [0.5, 0.6) is 0 Å². The number of fused-ring (bicyclic) bond motifs is 1. The molecule has 146 valence electrons. The first-order chi connectivity index (χ1) is 14.2. The standard InChI is InChI=1S/C21H20N6O2/c1-26-10-2-3-18(26)17-12-27-11-16(8-9-19(27)24-17)23-21(28)15-6-4-14(5-7-15)20-22-13-29-25-20/h4-9,11-13,18H,2-3,10H2,1H3,(H,23,28). The van der Waals surface area contributed by atoms with Gasteiger partial charge in [-0.3, -0.25) is 9.69 Å². The number of hydrogen-bond acceptors (Lipinski definition) is 6. The number of likely N-dealkylation sites (tertiary alicyclic amines) is 1. The van der Waals surface area contributed by atoms with Gasteiger partial charge >= 0.3 is 0 Å². The SMILES string of the molecule is CN1CCCC1c1cn2cc(NC(=O)c3ccc(-c4ncon4)cc3)ccc2n1. The highest BCUT2D eigenvalue weighted by Crippen LogP contribution is 2.30. The molecule has 1 N–H and O–H groups in total. The molecular formula is C21H20N6O2. The Morgan fingerprint density at radius 3 is 2.76 bits per heavy atom. The summed E-state index contributed by atoms with van der Waals surface area (Å²) in [5, 5.41) is 6.74. The number of benzene rings is 1. The van der Waals surface area contributed by atoms with E-state index < -0.39 is 0 Å². The summed E-state index contributed by atoms with van der Waals surface area (Å²) in [6.45, 7) is 1.10. The van der Waals surface area contributed by atoms with Crippen LogP contribution in [0.15, 0.2) is 59.7 Å². The first-order valence-electron chi connectivity index (χ1n) is 9.54. The van der Waals surface area contributed by atoms with E-state index in [1.165, 1.54) is 12.8 Å². The van der Waals surface area contributed by atoms with E-state index in [2.05, 4.69) is 33.6 Å². The normalized spacial score (nSPS) is 17.1. The van der Waals surface area contributed by atoms with E-state index in [1.807, 2.05) is 22.7 Å². The molecule has 5 rings (SSSR count). The molecular weight excluding hydrogens is 368 g/mol. The Hall–Kier alpha value is -3.52. The number of pyridine rings is 1. The van der Waals surface area contributed by atoms with Gasteiger partial charge < -0.3 is 14.2 Å². The number of carbonyl (C=O) groups excluding carboxylic acids is 1. The molecule has 1 aliphatic rings. The van der Waals surface area contributed by atoms with Gasteiger partial charge in [0, 0.05) is 23.5 Å². The van der Waals surface area contributed by atoms with Gasteiger partial charge in [-0.1, -0.05) is 17.3 Å². The Morgan fingerprint density at radius 2 is 2.03 bits per heavy atom. The first kappa shape index (κ1) is 17.6. The quantitative estimate of drug-likeness (QED) is 0.576. The lowest BCUT2D eigenvalue weighted by molar-refractivity contribution is 0.102. The van der Waals surface area contributed by atoms with Gasteiger partial charge in [-0.05, 0) is 50.7 Å². The third-order valence-corrected chi connectivity index (χ3v) is 5.36. The Balaban J connectivity index is 1.33. The van der Waals surface area contributed by atoms with Crippen molar-refractivity contribution in [1.29, 1.82) is 0 Å². The number of imidazole rings is 1. The maximum absolute atomic E-state index is 12.6. The fraction of sp³-hybridized carbons (Fsp3) is 0.238. The highest BCUT2D eigenvalue weighted by atomic mass is 16.5. The third-order valence-electron chi connectivity index (χ3n) is 5.36. The van der Waals surface area contributed by atoms with E-state index in [0.717, 1.165) is 29.9 Å². The summed E-state index contributed by atoms with van der Waals surface area (Å²) in [6.07, 6.45) is 7.55. The predicted octanol–water partition coefficient (Wildman–Crippen LogP) is 3.40. The van der Waals surface area contributed by atoms with Crippen LogP contribution >= 0.6 is 0 Å². The Labute approximate surface area is 167 Å². The van der Waals surface area contributed by atoms with Crippen LogP contribution in [-0.4, -0.2) is 43.9 Å². The molecule has 1 atom stereocenters. The Kier molecular flexibility index (Phi) is 4.33. The van der Waals surface area contributed by atoms with Crippen LogP contribution in [0.3, 0.4) is 0 Å². The second kappa shape index (κ2) is 7.14. The molecule has 1 amide bonds. The molecule has 1 saturated heterocycles. The van der Waals surface area contributed by atoms with Gasteiger partial charge in [0.25, 0.3) is 5.91 Å². The monoisotopic (exact) mass is 388 g/mol. The third kappa shape index (κ3) is 3.38. The van der Waals surface area contributed by atoms with Crippen LogP contribution in [0.25, 0.3) is 17.0 Å². The van der Waals surface area contributed by atoms with E-state index in [1.54, 1.807) is 24.3 Å². The maximum atomic E-state index is 12.6. The van der Waals surface area contributed by atoms with Crippen LogP contribution in [0.4, 0.5) is 5.69 Å². The van der Waals surface area contributed by atoms with Crippen LogP contribution in [-0.2, 0) is 0 Å². The summed E-state index contributed by atoms with van der Waals surface area (Å²) in [5.74, 6) is 0.311. The van der Waals surface area contributed by atoms with Gasteiger partial charge in [0.15, 0.2) is 0 Å². The molecule has 1 aliphatic heterocycles. The topological polar surface area (TPSA) is 88.6 Å². The molecule has 8 nitrogen and oxygen atoms in total. The van der Waals surface area contributed by atoms with Crippen molar-refractivity contribution in [2.24, 2.45) is 0 Å². The lowest BCUT2D eigenvalue weighted by Crippen LogP contribution is -2.17. The van der Waals surface area contributed by atoms with Gasteiger partial charge in [-0.15, -0.1) is 0 Å². The molecule has 1 unspecified atom stereocenters. The number of amides is 1. The van der Waals surface area contributed by atoms with Gasteiger partial charge in [0.1, 0.15) is 5.65 Å². The predicted molar refractivity (Wildman–Crippen MR) is 107 cm³/mol. The number of aromatic nitrogens is 4. The summed E-state index contributed by atoms with van der Waals surface area (Å²) < 4.78 is 6.72. The zero-order valence-corrected chi connectivity index (χ0v) is 15.9. The molecule has 0 spiro atoms. The minimum atomic E-state index is -0.181. The Morgan fingerprint density at radius 1 is 1.17 bits per heavy atom. The summed E-state index contributed by atoms with van der Waals surface area (Å²) in [7, 11) is 2.14. The second-order valence-corrected chi connectivity index (χ2v) is 7.27. The van der Waals surface area contributed by atoms with Gasteiger partial charge in [0.2, 0.25) is 12.2 Å². The zero-order valence-electron chi connectivity index (χ0n) is 15.9. The Bertz CT molecular complexity index is 1150. The number of anilines is 1. The smallest absolute Gasteiger partial charge is 0.255 e. The fourth-order valence-electron chi connectivity index (χ4n) is 3.80. The molecule has 1 fully saturated rings. The molecule has 8 heteroatoms. The van der Waals surface area contributed by atoms with Crippen molar-refractivity contribution in [3.63, 3.8) is 0 Å². The van der Waals surface area contributed by atoms with Crippen molar-refractivity contribution in [2.75, 3.05) is 18.9 Å². The molecule has 0 radical (unpaired) electrons. The molecule has 0 saturated carbocycles. The van der Waals surface area contributed by atoms with Crippen molar-refractivity contribution in [3.05, 3.63) is 66.4 Å². The molecule has 0 aliphatic carbocycles. The number of nitrogens with zero attached hydrogens (tertiary/aromatic N) is 5. The number of rotatable bonds is 4. The van der Waals surface area contributed by atoms with Crippen molar-refractivity contribution >= 4 is 17.2 Å². The number of nitrogens with one attached hydrogen (secondary N) is 1. The van der Waals surface area contributed by atoms with Crippen LogP contribution < -0.4 is 5.32 Å². The van der Waals surface area contributed by atoms with Crippen LogP contribution in [0.2, 0.25) is 0 Å². The van der Waals surface area contributed by atoms with Crippen molar-refractivity contribution in [3.8, 4) is 11.4 Å². The van der Waals surface area contributed by atoms with Crippen molar-refractivity contribution in [1.82, 2.24) is 24.4 Å². The van der Waals surface area contributed by atoms with Crippen molar-refractivity contribution < 1.29 is 9.32 Å². The molecule has 0 bridgehead atoms. The maximum Gasteiger partial charge on any atom is 0.255 e. The van der Waals surface area contributed by atoms with E-state index >= 15 is 0 Å². The lowest BCUT2D eigenvalue weighted by atomic mass is 10.1. The van der Waals surface area contributed by atoms with Gasteiger partial charge in [-0.2, -0.15) is 4.98 Å². The largest absolute Gasteiger partial charge is 0.342 e. The van der Waals surface area contributed by atoms with E-state index in [-0.39, 0.29) is 5.91 Å². The molecule has 4 heterocycles. The average Bonchev–Trinajstić information content (AvgIpc) is 3.48. The minimum absolute atomic E-state index is 0.181. The fourth-order valence-corrected chi connectivity index (χ4v) is 3.80. The summed E-state index contributed by atoms with van der Waals surface area (Å²) >= 11 is 0. The first-order valence-corrected chi connectivity index (χ1v) is 9.54. The van der Waals surface area contributed by atoms with Crippen LogP contribution in [0.1, 0.15) is 34.9 Å². The van der Waals surface area contributed by atoms with Crippen LogP contribution in [0, 0.1) is 0 Å². The lowest BCUT2D eigenvalue weighted by Gasteiger charge is -2.16. The second-order valence-electron chi connectivity index (χ2n) is 7.27. The summed E-state index contributed by atoms with van der Waals surface area (Å²) in [6, 6.07) is 11.2. The van der Waals surface area contributed by atoms with Gasteiger partial charge in [-0.25, -0.2) is 4.98 Å². The highest BCUT2D eigenvalue weighted by Gasteiger charge is 2.24. The van der Waals surface area contributed by atoms with E-state index in [9.17, 15) is 4.79 Å². The summed E-state index contributed by atoms with van der Waals surface area (Å²) in [5.41, 5.74) is 4.01. The highest BCUT2D eigenvalue weighted by molar-refractivity contribution is 6.04. The molecule has 4 aromatic rings. The summed E-state index contributed by atoms with van der Waals surface area (Å²) in [4.78, 5) is 23.7. The average molecular weight is 388 g/mol. The van der Waals surface area contributed by atoms with Gasteiger partial charge in [0.05, 0.1) is 17.4 Å². The molecule has 3 aromatic heterocycles.